The monoisotopic (exact) mass is 279 g/mol. The average molecular weight is 279 g/mol. The molecule has 0 amide bonds. The molecule has 0 radical (unpaired) electrons. The molecular formula is C19H21NO. The second-order valence-corrected chi connectivity index (χ2v) is 6.07. The number of fused-ring (bicyclic) bond motifs is 1. The highest BCUT2D eigenvalue weighted by Gasteiger charge is 2.20. The van der Waals surface area contributed by atoms with Crippen LogP contribution in [0.2, 0.25) is 0 Å². The number of aryl methyl sites for hydroxylation is 2. The molecule has 2 aromatic carbocycles. The number of rotatable bonds is 3. The second kappa shape index (κ2) is 5.36. The van der Waals surface area contributed by atoms with Gasteiger partial charge in [0.25, 0.3) is 0 Å². The zero-order chi connectivity index (χ0) is 15.0. The highest BCUT2D eigenvalue weighted by atomic mass is 16.1. The Bertz CT molecular complexity index is 682. The van der Waals surface area contributed by atoms with Gasteiger partial charge in [-0.15, -0.1) is 0 Å². The van der Waals surface area contributed by atoms with E-state index in [0.717, 1.165) is 25.1 Å². The maximum atomic E-state index is 11.5. The van der Waals surface area contributed by atoms with E-state index in [9.17, 15) is 4.79 Å². The van der Waals surface area contributed by atoms with Crippen molar-refractivity contribution >= 4 is 11.5 Å². The lowest BCUT2D eigenvalue weighted by atomic mass is 10.1. The molecule has 0 spiro atoms. The van der Waals surface area contributed by atoms with Crippen LogP contribution < -0.4 is 4.90 Å². The molecule has 1 heterocycles. The lowest BCUT2D eigenvalue weighted by Crippen LogP contribution is -2.19. The minimum atomic E-state index is 0.144. The van der Waals surface area contributed by atoms with Crippen LogP contribution in [0.3, 0.4) is 0 Å². The Kier molecular flexibility index (Phi) is 3.54. The zero-order valence-electron chi connectivity index (χ0n) is 12.9. The predicted molar refractivity (Wildman–Crippen MR) is 87.1 cm³/mol. The number of Topliss-reactive ketones (excluding diaryl/α,β-unsaturated/α-hetero) is 1. The van der Waals surface area contributed by atoms with Crippen molar-refractivity contribution in [3.63, 3.8) is 0 Å². The molecule has 3 rings (SSSR count). The highest BCUT2D eigenvalue weighted by molar-refractivity contribution is 5.94. The Balaban J connectivity index is 1.86. The zero-order valence-corrected chi connectivity index (χ0v) is 12.9. The van der Waals surface area contributed by atoms with Crippen LogP contribution in [-0.4, -0.2) is 12.3 Å². The topological polar surface area (TPSA) is 20.3 Å². The Labute approximate surface area is 126 Å². The van der Waals surface area contributed by atoms with Crippen LogP contribution in [0.5, 0.6) is 0 Å². The largest absolute Gasteiger partial charge is 0.367 e. The van der Waals surface area contributed by atoms with Crippen molar-refractivity contribution in [2.24, 2.45) is 0 Å². The Morgan fingerprint density at radius 2 is 1.81 bits per heavy atom. The molecule has 2 heteroatoms. The number of hydrogen-bond acceptors (Lipinski definition) is 2. The number of carbonyl (C=O) groups excluding carboxylic acids is 1. The smallest absolute Gasteiger partial charge is 0.159 e. The fourth-order valence-corrected chi connectivity index (χ4v) is 3.23. The van der Waals surface area contributed by atoms with E-state index < -0.39 is 0 Å². The van der Waals surface area contributed by atoms with Gasteiger partial charge in [-0.3, -0.25) is 4.79 Å². The van der Waals surface area contributed by atoms with Crippen molar-refractivity contribution in [3.05, 3.63) is 64.2 Å². The summed E-state index contributed by atoms with van der Waals surface area (Å²) in [5, 5.41) is 0. The van der Waals surface area contributed by atoms with Gasteiger partial charge >= 0.3 is 0 Å². The van der Waals surface area contributed by atoms with Crippen molar-refractivity contribution in [1.82, 2.24) is 0 Å². The molecule has 0 saturated heterocycles. The quantitative estimate of drug-likeness (QED) is 0.789. The van der Waals surface area contributed by atoms with Crippen molar-refractivity contribution in [2.45, 2.75) is 33.7 Å². The standard InChI is InChI=1S/C19H21NO/c1-13-8-14(2)10-16(9-13)12-20-7-6-18-11-17(15(3)21)4-5-19(18)20/h4-5,8-11H,6-7,12H2,1-3H3. The maximum absolute atomic E-state index is 11.5. The van der Waals surface area contributed by atoms with Gasteiger partial charge in [0.05, 0.1) is 0 Å². The van der Waals surface area contributed by atoms with Gasteiger partial charge in [-0.05, 0) is 56.5 Å². The van der Waals surface area contributed by atoms with E-state index in [1.165, 1.54) is 27.9 Å². The third-order valence-electron chi connectivity index (χ3n) is 4.13. The summed E-state index contributed by atoms with van der Waals surface area (Å²) in [7, 11) is 0. The minimum absolute atomic E-state index is 0.144. The normalized spacial score (nSPS) is 13.4. The van der Waals surface area contributed by atoms with Gasteiger partial charge in [-0.1, -0.05) is 29.3 Å². The number of benzene rings is 2. The van der Waals surface area contributed by atoms with E-state index in [-0.39, 0.29) is 5.78 Å². The van der Waals surface area contributed by atoms with Gasteiger partial charge in [-0.2, -0.15) is 0 Å². The fraction of sp³-hybridized carbons (Fsp3) is 0.316. The maximum Gasteiger partial charge on any atom is 0.159 e. The summed E-state index contributed by atoms with van der Waals surface area (Å²) in [5.74, 6) is 0.144. The van der Waals surface area contributed by atoms with Crippen molar-refractivity contribution in [2.75, 3.05) is 11.4 Å². The van der Waals surface area contributed by atoms with Crippen LogP contribution in [0.1, 0.15) is 39.5 Å². The van der Waals surface area contributed by atoms with Gasteiger partial charge in [0.2, 0.25) is 0 Å². The van der Waals surface area contributed by atoms with Gasteiger partial charge in [0, 0.05) is 24.3 Å². The van der Waals surface area contributed by atoms with Crippen LogP contribution in [0.4, 0.5) is 5.69 Å². The van der Waals surface area contributed by atoms with E-state index in [1.54, 1.807) is 6.92 Å². The van der Waals surface area contributed by atoms with Crippen molar-refractivity contribution in [3.8, 4) is 0 Å². The van der Waals surface area contributed by atoms with Crippen LogP contribution in [0.25, 0.3) is 0 Å². The van der Waals surface area contributed by atoms with Crippen LogP contribution in [0.15, 0.2) is 36.4 Å². The van der Waals surface area contributed by atoms with Crippen molar-refractivity contribution < 1.29 is 4.79 Å². The Hall–Kier alpha value is -2.09. The summed E-state index contributed by atoms with van der Waals surface area (Å²) in [6.45, 7) is 7.89. The van der Waals surface area contributed by atoms with E-state index >= 15 is 0 Å². The SMILES string of the molecule is CC(=O)c1ccc2c(c1)CCN2Cc1cc(C)cc(C)c1. The molecule has 2 nitrogen and oxygen atoms in total. The molecule has 2 aromatic rings. The van der Waals surface area contributed by atoms with Gasteiger partial charge in [0.15, 0.2) is 5.78 Å². The molecule has 0 bridgehead atoms. The molecule has 0 unspecified atom stereocenters. The molecular weight excluding hydrogens is 258 g/mol. The van der Waals surface area contributed by atoms with E-state index in [0.29, 0.717) is 0 Å². The van der Waals surface area contributed by atoms with Gasteiger partial charge < -0.3 is 4.90 Å². The Morgan fingerprint density at radius 3 is 2.48 bits per heavy atom. The molecule has 0 aliphatic carbocycles. The summed E-state index contributed by atoms with van der Waals surface area (Å²) < 4.78 is 0. The summed E-state index contributed by atoms with van der Waals surface area (Å²) in [6.07, 6.45) is 1.03. The Morgan fingerprint density at radius 1 is 1.10 bits per heavy atom. The van der Waals surface area contributed by atoms with Gasteiger partial charge in [0.1, 0.15) is 0 Å². The highest BCUT2D eigenvalue weighted by Crippen LogP contribution is 2.30. The average Bonchev–Trinajstić information content (AvgIpc) is 2.80. The first-order valence-corrected chi connectivity index (χ1v) is 7.49. The van der Waals surface area contributed by atoms with Crippen LogP contribution in [0, 0.1) is 13.8 Å². The molecule has 1 aliphatic heterocycles. The first kappa shape index (κ1) is 13.9. The van der Waals surface area contributed by atoms with Crippen LogP contribution in [-0.2, 0) is 13.0 Å². The second-order valence-electron chi connectivity index (χ2n) is 6.07. The lowest BCUT2D eigenvalue weighted by Gasteiger charge is -2.20. The third-order valence-corrected chi connectivity index (χ3v) is 4.13. The number of nitrogens with zero attached hydrogens (tertiary/aromatic N) is 1. The lowest BCUT2D eigenvalue weighted by molar-refractivity contribution is 0.101. The summed E-state index contributed by atoms with van der Waals surface area (Å²) in [4.78, 5) is 13.9. The van der Waals surface area contributed by atoms with Crippen molar-refractivity contribution in [1.29, 1.82) is 0 Å². The number of ketones is 1. The van der Waals surface area contributed by atoms with E-state index in [2.05, 4.69) is 49.1 Å². The molecule has 0 N–H and O–H groups in total. The predicted octanol–water partition coefficient (Wildman–Crippen LogP) is 4.07. The van der Waals surface area contributed by atoms with Gasteiger partial charge in [-0.25, -0.2) is 0 Å². The minimum Gasteiger partial charge on any atom is -0.367 e. The summed E-state index contributed by atoms with van der Waals surface area (Å²) >= 11 is 0. The number of anilines is 1. The molecule has 1 aliphatic rings. The van der Waals surface area contributed by atoms with E-state index in [4.69, 9.17) is 0 Å². The fourth-order valence-electron chi connectivity index (χ4n) is 3.23. The first-order valence-electron chi connectivity index (χ1n) is 7.49. The van der Waals surface area contributed by atoms with E-state index in [1.807, 2.05) is 6.07 Å². The molecule has 0 atom stereocenters. The number of hydrogen-bond donors (Lipinski definition) is 0. The molecule has 21 heavy (non-hydrogen) atoms. The first-order chi connectivity index (χ1) is 10.0. The molecule has 0 saturated carbocycles. The summed E-state index contributed by atoms with van der Waals surface area (Å²) in [5.41, 5.74) is 7.39. The van der Waals surface area contributed by atoms with Crippen LogP contribution >= 0.6 is 0 Å². The number of carbonyl (C=O) groups is 1. The molecule has 0 aromatic heterocycles. The third kappa shape index (κ3) is 2.85. The summed E-state index contributed by atoms with van der Waals surface area (Å²) in [6, 6.07) is 12.8. The molecule has 108 valence electrons. The molecule has 0 fully saturated rings.